The van der Waals surface area contributed by atoms with Crippen molar-refractivity contribution in [3.63, 3.8) is 0 Å². The van der Waals surface area contributed by atoms with Crippen molar-refractivity contribution in [3.05, 3.63) is 82.3 Å². The molecule has 1 N–H and O–H groups in total. The summed E-state index contributed by atoms with van der Waals surface area (Å²) in [6.45, 7) is 9.58. The van der Waals surface area contributed by atoms with Gasteiger partial charge in [-0.3, -0.25) is 9.48 Å². The summed E-state index contributed by atoms with van der Waals surface area (Å²) in [5.74, 6) is -0.618. The maximum atomic E-state index is 13.7. The number of alkyl halides is 6. The average molecular weight is 582 g/mol. The summed E-state index contributed by atoms with van der Waals surface area (Å²) >= 11 is 0. The molecule has 0 aliphatic heterocycles. The molecule has 0 unspecified atom stereocenters. The summed E-state index contributed by atoms with van der Waals surface area (Å²) in [6, 6.07) is 7.91. The fourth-order valence-electron chi connectivity index (χ4n) is 4.43. The normalized spacial score (nSPS) is 11.8. The molecule has 41 heavy (non-hydrogen) atoms. The van der Waals surface area contributed by atoms with Crippen molar-refractivity contribution in [2.45, 2.75) is 51.6 Å². The van der Waals surface area contributed by atoms with Crippen LogP contribution in [-0.4, -0.2) is 33.9 Å². The summed E-state index contributed by atoms with van der Waals surface area (Å²) in [7, 11) is 1.63. The molecule has 0 bridgehead atoms. The second-order valence-corrected chi connectivity index (χ2v) is 9.47. The molecule has 7 nitrogen and oxygen atoms in total. The van der Waals surface area contributed by atoms with Crippen LogP contribution in [0.3, 0.4) is 0 Å². The number of carboxylic acid groups (broad SMARTS) is 1. The van der Waals surface area contributed by atoms with Crippen LogP contribution in [0.4, 0.5) is 43.5 Å². The lowest BCUT2D eigenvalue weighted by molar-refractivity contribution is -0.138. The van der Waals surface area contributed by atoms with Gasteiger partial charge in [0.2, 0.25) is 0 Å². The monoisotopic (exact) mass is 581 g/mol. The zero-order valence-corrected chi connectivity index (χ0v) is 22.4. The van der Waals surface area contributed by atoms with Crippen LogP contribution in [0.1, 0.15) is 48.4 Å². The van der Waals surface area contributed by atoms with Gasteiger partial charge in [-0.1, -0.05) is 6.07 Å². The van der Waals surface area contributed by atoms with Crippen molar-refractivity contribution >= 4 is 23.2 Å². The predicted octanol–water partition coefficient (Wildman–Crippen LogP) is 7.30. The Morgan fingerprint density at radius 1 is 0.976 bits per heavy atom. The zero-order chi connectivity index (χ0) is 30.4. The molecule has 0 fully saturated rings. The van der Waals surface area contributed by atoms with E-state index in [0.29, 0.717) is 37.4 Å². The van der Waals surface area contributed by atoms with Gasteiger partial charge >= 0.3 is 18.3 Å². The van der Waals surface area contributed by atoms with Crippen LogP contribution < -0.4 is 9.80 Å². The van der Waals surface area contributed by atoms with E-state index in [1.54, 1.807) is 24.2 Å². The molecule has 220 valence electrons. The Morgan fingerprint density at radius 2 is 1.68 bits per heavy atom. The molecule has 13 heteroatoms. The van der Waals surface area contributed by atoms with Crippen LogP contribution >= 0.6 is 0 Å². The third-order valence-corrected chi connectivity index (χ3v) is 6.39. The minimum Gasteiger partial charge on any atom is -0.481 e. The summed E-state index contributed by atoms with van der Waals surface area (Å²) in [5.41, 5.74) is -1.19. The lowest BCUT2D eigenvalue weighted by Gasteiger charge is -2.30. The van der Waals surface area contributed by atoms with Crippen molar-refractivity contribution < 1.29 is 36.2 Å². The smallest absolute Gasteiger partial charge is 0.416 e. The van der Waals surface area contributed by atoms with Gasteiger partial charge in [0.1, 0.15) is 0 Å². The van der Waals surface area contributed by atoms with Gasteiger partial charge in [0.15, 0.2) is 11.5 Å². The summed E-state index contributed by atoms with van der Waals surface area (Å²) in [4.78, 5) is 17.4. The van der Waals surface area contributed by atoms with E-state index < -0.39 is 29.4 Å². The molecule has 0 spiro atoms. The number of nitrogens with zero attached hydrogens (tertiary/aromatic N) is 5. The lowest BCUT2D eigenvalue weighted by Crippen LogP contribution is -2.29. The first-order chi connectivity index (χ1) is 19.2. The van der Waals surface area contributed by atoms with Crippen molar-refractivity contribution in [1.82, 2.24) is 9.78 Å². The molecule has 3 aromatic rings. The Hall–Kier alpha value is -4.21. The highest BCUT2D eigenvalue weighted by Gasteiger charge is 2.33. The number of unbranched alkanes of at least 4 members (excludes halogenated alkanes) is 1. The fourth-order valence-corrected chi connectivity index (χ4v) is 4.43. The minimum absolute atomic E-state index is 0.0333. The maximum Gasteiger partial charge on any atom is 0.416 e. The van der Waals surface area contributed by atoms with E-state index in [2.05, 4.69) is 9.94 Å². The molecular weight excluding hydrogens is 552 g/mol. The molecular formula is C28H29F6N5O2. The van der Waals surface area contributed by atoms with Crippen LogP contribution in [0.15, 0.2) is 48.7 Å². The van der Waals surface area contributed by atoms with Crippen LogP contribution in [-0.2, 0) is 37.3 Å². The second-order valence-electron chi connectivity index (χ2n) is 9.47. The van der Waals surface area contributed by atoms with Gasteiger partial charge in [-0.2, -0.15) is 31.4 Å². The molecule has 0 saturated carbocycles. The Balaban J connectivity index is 2.05. The van der Waals surface area contributed by atoms with E-state index in [1.165, 1.54) is 16.8 Å². The van der Waals surface area contributed by atoms with Gasteiger partial charge < -0.3 is 14.9 Å². The predicted molar refractivity (Wildman–Crippen MR) is 142 cm³/mol. The maximum absolute atomic E-state index is 13.7. The molecule has 0 radical (unpaired) electrons. The standard InChI is InChI=1S/C28H29F6N5O2/c1-4-38(11-6-5-7-26(40)41)24-9-8-21(27(29,30)31)15-20(24)18-39(25-10-12-37(3)36-25)17-19-13-22(28(32,33)34)16-23(14-19)35-2/h8-10,12-16H,4-7,11,17-18H2,1,3H3,(H,40,41). The lowest BCUT2D eigenvalue weighted by atomic mass is 10.0. The number of aliphatic carboxylic acids is 1. The molecule has 0 aliphatic carbocycles. The first kappa shape index (κ1) is 31.3. The Morgan fingerprint density at radius 3 is 2.24 bits per heavy atom. The van der Waals surface area contributed by atoms with E-state index in [4.69, 9.17) is 11.7 Å². The molecule has 1 heterocycles. The number of hydrogen-bond acceptors (Lipinski definition) is 4. The summed E-state index contributed by atoms with van der Waals surface area (Å²) < 4.78 is 83.2. The number of aryl methyl sites for hydroxylation is 1. The van der Waals surface area contributed by atoms with Crippen molar-refractivity contribution in [2.75, 3.05) is 22.9 Å². The van der Waals surface area contributed by atoms with E-state index in [9.17, 15) is 31.1 Å². The Kier molecular flexibility index (Phi) is 9.91. The van der Waals surface area contributed by atoms with Crippen LogP contribution in [0.25, 0.3) is 4.85 Å². The molecule has 0 saturated heterocycles. The number of halogens is 6. The number of carboxylic acids is 1. The molecule has 1 aromatic heterocycles. The topological polar surface area (TPSA) is 66.0 Å². The molecule has 0 amide bonds. The van der Waals surface area contributed by atoms with Crippen LogP contribution in [0, 0.1) is 6.57 Å². The molecule has 0 aliphatic rings. The number of rotatable bonds is 12. The third kappa shape index (κ3) is 8.64. The summed E-state index contributed by atoms with van der Waals surface area (Å²) in [5, 5.41) is 13.2. The molecule has 3 rings (SSSR count). The Labute approximate surface area is 233 Å². The van der Waals surface area contributed by atoms with Gasteiger partial charge in [0, 0.05) is 63.2 Å². The van der Waals surface area contributed by atoms with Gasteiger partial charge in [-0.05, 0) is 61.2 Å². The van der Waals surface area contributed by atoms with Crippen LogP contribution in [0.5, 0.6) is 0 Å². The third-order valence-electron chi connectivity index (χ3n) is 6.39. The highest BCUT2D eigenvalue weighted by molar-refractivity contribution is 5.66. The minimum atomic E-state index is -4.69. The van der Waals surface area contributed by atoms with Crippen LogP contribution in [0.2, 0.25) is 0 Å². The van der Waals surface area contributed by atoms with E-state index in [-0.39, 0.29) is 36.3 Å². The first-order valence-corrected chi connectivity index (χ1v) is 12.7. The van der Waals surface area contributed by atoms with Crippen molar-refractivity contribution in [2.24, 2.45) is 7.05 Å². The highest BCUT2D eigenvalue weighted by Crippen LogP contribution is 2.36. The number of anilines is 2. The van der Waals surface area contributed by atoms with Gasteiger partial charge in [0.25, 0.3) is 0 Å². The molecule has 2 aromatic carbocycles. The second kappa shape index (κ2) is 13.0. The average Bonchev–Trinajstić information content (AvgIpc) is 3.33. The van der Waals surface area contributed by atoms with Crippen molar-refractivity contribution in [1.29, 1.82) is 0 Å². The SMILES string of the molecule is [C-]#[N+]c1cc(CN(Cc2cc(C(F)(F)F)ccc2N(CC)CCCCC(=O)O)c2ccn(C)n2)cc(C(F)(F)F)c1. The van der Waals surface area contributed by atoms with Gasteiger partial charge in [0.05, 0.1) is 12.1 Å². The van der Waals surface area contributed by atoms with E-state index in [1.807, 2.05) is 11.8 Å². The summed E-state index contributed by atoms with van der Waals surface area (Å²) in [6.07, 6.45) is -6.87. The van der Waals surface area contributed by atoms with Gasteiger partial charge in [-0.25, -0.2) is 4.85 Å². The van der Waals surface area contributed by atoms with Gasteiger partial charge in [-0.15, -0.1) is 0 Å². The first-order valence-electron chi connectivity index (χ1n) is 12.7. The van der Waals surface area contributed by atoms with Crippen molar-refractivity contribution in [3.8, 4) is 0 Å². The highest BCUT2D eigenvalue weighted by atomic mass is 19.4. The van der Waals surface area contributed by atoms with E-state index in [0.717, 1.165) is 24.3 Å². The molecule has 0 atom stereocenters. The Bertz CT molecular complexity index is 1390. The fraction of sp³-hybridized carbons (Fsp3) is 0.393. The van der Waals surface area contributed by atoms with E-state index >= 15 is 0 Å². The number of benzene rings is 2. The number of carbonyl (C=O) groups is 1. The quantitative estimate of drug-likeness (QED) is 0.138. The number of hydrogen-bond donors (Lipinski definition) is 1. The number of aromatic nitrogens is 2. The largest absolute Gasteiger partial charge is 0.481 e. The zero-order valence-electron chi connectivity index (χ0n) is 22.4.